The van der Waals surface area contributed by atoms with Crippen molar-refractivity contribution in [1.82, 2.24) is 9.88 Å². The minimum Gasteiger partial charge on any atom is -0.507 e. The molecule has 0 radical (unpaired) electrons. The Hall–Kier alpha value is -3.21. The molecule has 1 saturated heterocycles. The van der Waals surface area contributed by atoms with E-state index in [1.54, 1.807) is 12.3 Å². The number of ketones is 1. The van der Waals surface area contributed by atoms with Crippen LogP contribution in [0, 0.1) is 0 Å². The van der Waals surface area contributed by atoms with Crippen molar-refractivity contribution in [3.63, 3.8) is 0 Å². The number of hydrogen-bond donors (Lipinski definition) is 1. The number of carbonyl (C=O) groups is 2. The van der Waals surface area contributed by atoms with Gasteiger partial charge in [0.05, 0.1) is 12.1 Å². The molecule has 5 nitrogen and oxygen atoms in total. The van der Waals surface area contributed by atoms with Gasteiger partial charge in [-0.15, -0.1) is 0 Å². The summed E-state index contributed by atoms with van der Waals surface area (Å²) in [4.78, 5) is 29.3. The quantitative estimate of drug-likeness (QED) is 0.405. The number of aromatic nitrogens is 1. The molecule has 126 valence electrons. The molecular weight excluding hydrogens is 316 g/mol. The Balaban J connectivity index is 1.84. The van der Waals surface area contributed by atoms with E-state index in [1.807, 2.05) is 43.3 Å². The van der Waals surface area contributed by atoms with Crippen LogP contribution in [0.5, 0.6) is 0 Å². The largest absolute Gasteiger partial charge is 0.507 e. The Morgan fingerprint density at radius 3 is 2.72 bits per heavy atom. The summed E-state index contributed by atoms with van der Waals surface area (Å²) >= 11 is 0. The minimum atomic E-state index is -0.451. The van der Waals surface area contributed by atoms with Gasteiger partial charge in [0.1, 0.15) is 11.3 Å². The van der Waals surface area contributed by atoms with Gasteiger partial charge in [0, 0.05) is 18.6 Å². The fourth-order valence-electron chi connectivity index (χ4n) is 2.70. The molecule has 0 unspecified atom stereocenters. The molecule has 1 N–H and O–H groups in total. The van der Waals surface area contributed by atoms with Crippen molar-refractivity contribution in [2.45, 2.75) is 6.92 Å². The smallest absolute Gasteiger partial charge is 0.261 e. The van der Waals surface area contributed by atoms with Gasteiger partial charge < -0.3 is 10.0 Å². The molecular formula is C20H18N2O3. The molecule has 25 heavy (non-hydrogen) atoms. The van der Waals surface area contributed by atoms with Gasteiger partial charge in [-0.1, -0.05) is 35.9 Å². The fourth-order valence-corrected chi connectivity index (χ4v) is 2.70. The van der Waals surface area contributed by atoms with Crippen LogP contribution in [0.1, 0.15) is 12.5 Å². The highest BCUT2D eigenvalue weighted by Gasteiger charge is 2.33. The number of benzene rings is 1. The summed E-state index contributed by atoms with van der Waals surface area (Å²) in [6.45, 7) is 1.87. The molecule has 0 atom stereocenters. The van der Waals surface area contributed by atoms with Crippen molar-refractivity contribution in [2.24, 2.45) is 0 Å². The topological polar surface area (TPSA) is 70.5 Å². The SMILES string of the molecule is CC(/C=C/C(O)=C1\C(=O)CN(C)C1=O)=C\c1cnc2ccccc2c1. The third-order valence-corrected chi connectivity index (χ3v) is 3.99. The Bertz CT molecular complexity index is 954. The van der Waals surface area contributed by atoms with Crippen LogP contribution in [0.25, 0.3) is 17.0 Å². The van der Waals surface area contributed by atoms with Gasteiger partial charge in [0.15, 0.2) is 5.78 Å². The standard InChI is InChI=1S/C20H18N2O3/c1-13(7-8-17(23)19-18(24)12-22(2)20(19)25)9-14-10-15-5-3-4-6-16(15)21-11-14/h3-11,23H,12H2,1-2H3/b8-7+,13-9+,19-17-. The number of carbonyl (C=O) groups excluding carboxylic acids is 2. The van der Waals surface area contributed by atoms with Gasteiger partial charge in [-0.2, -0.15) is 0 Å². The summed E-state index contributed by atoms with van der Waals surface area (Å²) in [6, 6.07) is 9.87. The molecule has 0 bridgehead atoms. The predicted octanol–water partition coefficient (Wildman–Crippen LogP) is 3.05. The second-order valence-corrected chi connectivity index (χ2v) is 6.03. The number of amides is 1. The van der Waals surface area contributed by atoms with Crippen molar-refractivity contribution >= 4 is 28.7 Å². The highest BCUT2D eigenvalue weighted by molar-refractivity contribution is 6.25. The molecule has 3 rings (SSSR count). The predicted molar refractivity (Wildman–Crippen MR) is 96.8 cm³/mol. The molecule has 2 heterocycles. The van der Waals surface area contributed by atoms with Crippen molar-refractivity contribution < 1.29 is 14.7 Å². The summed E-state index contributed by atoms with van der Waals surface area (Å²) in [5, 5.41) is 11.1. The van der Waals surface area contributed by atoms with Crippen LogP contribution in [-0.4, -0.2) is 40.3 Å². The first-order valence-electron chi connectivity index (χ1n) is 7.89. The molecule has 0 spiro atoms. The van der Waals surface area contributed by atoms with Gasteiger partial charge in [-0.25, -0.2) is 0 Å². The zero-order chi connectivity index (χ0) is 18.0. The maximum Gasteiger partial charge on any atom is 0.261 e. The van der Waals surface area contributed by atoms with Gasteiger partial charge in [-0.05, 0) is 30.7 Å². The van der Waals surface area contributed by atoms with Crippen molar-refractivity contribution in [3.8, 4) is 0 Å². The minimum absolute atomic E-state index is 0.00362. The number of aliphatic hydroxyl groups excluding tert-OH is 1. The number of aliphatic hydroxyl groups is 1. The molecule has 2 aromatic rings. The van der Waals surface area contributed by atoms with E-state index >= 15 is 0 Å². The monoisotopic (exact) mass is 334 g/mol. The summed E-state index contributed by atoms with van der Waals surface area (Å²) in [6.07, 6.45) is 6.73. The summed E-state index contributed by atoms with van der Waals surface area (Å²) in [5.41, 5.74) is 2.56. The first-order chi connectivity index (χ1) is 12.0. The highest BCUT2D eigenvalue weighted by atomic mass is 16.3. The molecule has 0 saturated carbocycles. The normalized spacial score (nSPS) is 17.8. The van der Waals surface area contributed by atoms with Crippen LogP contribution in [-0.2, 0) is 9.59 Å². The van der Waals surface area contributed by atoms with Crippen LogP contribution in [0.3, 0.4) is 0 Å². The number of hydrogen-bond acceptors (Lipinski definition) is 4. The number of rotatable bonds is 3. The van der Waals surface area contributed by atoms with E-state index in [-0.39, 0.29) is 23.7 Å². The molecule has 1 fully saturated rings. The van der Waals surface area contributed by atoms with E-state index in [9.17, 15) is 14.7 Å². The molecule has 1 amide bonds. The van der Waals surface area contributed by atoms with E-state index in [2.05, 4.69) is 4.98 Å². The lowest BCUT2D eigenvalue weighted by Gasteiger charge is -2.03. The van der Waals surface area contributed by atoms with Crippen LogP contribution in [0.4, 0.5) is 0 Å². The lowest BCUT2D eigenvalue weighted by Crippen LogP contribution is -2.19. The van der Waals surface area contributed by atoms with E-state index < -0.39 is 5.91 Å². The Morgan fingerprint density at radius 1 is 1.24 bits per heavy atom. The van der Waals surface area contributed by atoms with Crippen molar-refractivity contribution in [3.05, 3.63) is 71.1 Å². The maximum atomic E-state index is 11.8. The van der Waals surface area contributed by atoms with Gasteiger partial charge >= 0.3 is 0 Å². The van der Waals surface area contributed by atoms with Crippen LogP contribution in [0.15, 0.2) is 65.6 Å². The number of pyridine rings is 1. The highest BCUT2D eigenvalue weighted by Crippen LogP contribution is 2.18. The Morgan fingerprint density at radius 2 is 2.00 bits per heavy atom. The first kappa shape index (κ1) is 16.6. The lowest BCUT2D eigenvalue weighted by molar-refractivity contribution is -0.123. The first-order valence-corrected chi connectivity index (χ1v) is 7.89. The molecule has 1 aromatic carbocycles. The summed E-state index contributed by atoms with van der Waals surface area (Å²) in [7, 11) is 1.53. The average Bonchev–Trinajstić information content (AvgIpc) is 2.85. The number of likely N-dealkylation sites (N-methyl/N-ethyl adjacent to an activating group) is 1. The number of likely N-dealkylation sites (tertiary alicyclic amines) is 1. The molecule has 1 aromatic heterocycles. The van der Waals surface area contributed by atoms with E-state index in [4.69, 9.17) is 0 Å². The lowest BCUT2D eigenvalue weighted by atomic mass is 10.1. The van der Waals surface area contributed by atoms with E-state index in [0.717, 1.165) is 22.0 Å². The van der Waals surface area contributed by atoms with Gasteiger partial charge in [-0.3, -0.25) is 14.6 Å². The summed E-state index contributed by atoms with van der Waals surface area (Å²) < 4.78 is 0. The number of fused-ring (bicyclic) bond motifs is 1. The number of Topliss-reactive ketones (excluding diaryl/α,β-unsaturated/α-hetero) is 1. The van der Waals surface area contributed by atoms with Crippen molar-refractivity contribution in [1.29, 1.82) is 0 Å². The number of allylic oxidation sites excluding steroid dienone is 3. The number of nitrogens with zero attached hydrogens (tertiary/aromatic N) is 2. The van der Waals surface area contributed by atoms with Crippen LogP contribution >= 0.6 is 0 Å². The second kappa shape index (κ2) is 6.73. The Labute approximate surface area is 145 Å². The van der Waals surface area contributed by atoms with Gasteiger partial charge in [0.25, 0.3) is 5.91 Å². The van der Waals surface area contributed by atoms with Crippen molar-refractivity contribution in [2.75, 3.05) is 13.6 Å². The molecule has 1 aliphatic heterocycles. The number of para-hydroxylation sites is 1. The zero-order valence-electron chi connectivity index (χ0n) is 14.1. The van der Waals surface area contributed by atoms with Crippen LogP contribution in [0.2, 0.25) is 0 Å². The third-order valence-electron chi connectivity index (χ3n) is 3.99. The molecule has 5 heteroatoms. The molecule has 0 aliphatic carbocycles. The maximum absolute atomic E-state index is 11.8. The second-order valence-electron chi connectivity index (χ2n) is 6.03. The van der Waals surface area contributed by atoms with E-state index in [0.29, 0.717) is 0 Å². The Kier molecular flexibility index (Phi) is 4.48. The van der Waals surface area contributed by atoms with Crippen LogP contribution < -0.4 is 0 Å². The average molecular weight is 334 g/mol. The fraction of sp³-hybridized carbons (Fsp3) is 0.150. The summed E-state index contributed by atoms with van der Waals surface area (Å²) in [5.74, 6) is -1.12. The van der Waals surface area contributed by atoms with Gasteiger partial charge in [0.2, 0.25) is 0 Å². The molecule has 1 aliphatic rings. The van der Waals surface area contributed by atoms with E-state index in [1.165, 1.54) is 18.0 Å². The third kappa shape index (κ3) is 3.50. The zero-order valence-corrected chi connectivity index (χ0v) is 14.1.